The van der Waals surface area contributed by atoms with Crippen LogP contribution in [0.3, 0.4) is 0 Å². The topological polar surface area (TPSA) is 47.0 Å². The van der Waals surface area contributed by atoms with E-state index in [1.54, 1.807) is 0 Å². The molecule has 3 nitrogen and oxygen atoms in total. The number of hydrogen-bond acceptors (Lipinski definition) is 3. The Labute approximate surface area is 73.6 Å². The zero-order valence-electron chi connectivity index (χ0n) is 6.37. The van der Waals surface area contributed by atoms with Gasteiger partial charge >= 0.3 is 0 Å². The normalized spacial score (nSPS) is 11.2. The van der Waals surface area contributed by atoms with Crippen LogP contribution in [0.2, 0.25) is 0 Å². The van der Waals surface area contributed by atoms with Crippen LogP contribution in [0.25, 0.3) is 0 Å². The van der Waals surface area contributed by atoms with Gasteiger partial charge in [0.25, 0.3) is 0 Å². The summed E-state index contributed by atoms with van der Waals surface area (Å²) in [5.74, 6) is -2.15. The standard InChI is InChI=1S/C7H5F2NO2S/c1-2-13(11,12)7-6(9)3-5(8)4-10-7/h2-4H,1H2. The molecule has 0 saturated heterocycles. The summed E-state index contributed by atoms with van der Waals surface area (Å²) >= 11 is 0. The van der Waals surface area contributed by atoms with Gasteiger partial charge in [0.2, 0.25) is 9.84 Å². The third-order valence-corrected chi connectivity index (χ3v) is 2.54. The summed E-state index contributed by atoms with van der Waals surface area (Å²) < 4.78 is 47.1. The molecule has 0 N–H and O–H groups in total. The molecule has 0 radical (unpaired) electrons. The van der Waals surface area contributed by atoms with Crippen LogP contribution in [0.15, 0.2) is 29.3 Å². The lowest BCUT2D eigenvalue weighted by atomic mass is 10.5. The van der Waals surface area contributed by atoms with E-state index in [-0.39, 0.29) is 0 Å². The fourth-order valence-corrected chi connectivity index (χ4v) is 1.38. The van der Waals surface area contributed by atoms with Gasteiger partial charge in [0.05, 0.1) is 6.20 Å². The van der Waals surface area contributed by atoms with E-state index >= 15 is 0 Å². The predicted octanol–water partition coefficient (Wildman–Crippen LogP) is 1.28. The first-order valence-corrected chi connectivity index (χ1v) is 4.70. The van der Waals surface area contributed by atoms with Gasteiger partial charge in [-0.15, -0.1) is 0 Å². The molecule has 0 fully saturated rings. The second-order valence-electron chi connectivity index (χ2n) is 2.15. The minimum absolute atomic E-state index is 0.448. The Hall–Kier alpha value is -1.30. The highest BCUT2D eigenvalue weighted by Gasteiger charge is 2.17. The molecule has 0 aromatic carbocycles. The summed E-state index contributed by atoms with van der Waals surface area (Å²) in [6.45, 7) is 2.98. The van der Waals surface area contributed by atoms with Crippen molar-refractivity contribution in [2.75, 3.05) is 0 Å². The molecule has 13 heavy (non-hydrogen) atoms. The lowest BCUT2D eigenvalue weighted by molar-refractivity contribution is 0.534. The minimum atomic E-state index is -3.93. The Morgan fingerprint density at radius 2 is 2.08 bits per heavy atom. The summed E-state index contributed by atoms with van der Waals surface area (Å²) in [4.78, 5) is 3.11. The van der Waals surface area contributed by atoms with Crippen molar-refractivity contribution < 1.29 is 17.2 Å². The Kier molecular flexibility index (Phi) is 2.42. The summed E-state index contributed by atoms with van der Waals surface area (Å²) in [5.41, 5.74) is 0. The highest BCUT2D eigenvalue weighted by Crippen LogP contribution is 2.13. The first-order valence-electron chi connectivity index (χ1n) is 3.16. The average Bonchev–Trinajstić information content (AvgIpc) is 2.03. The molecule has 0 aliphatic carbocycles. The van der Waals surface area contributed by atoms with E-state index in [0.29, 0.717) is 17.7 Å². The number of halogens is 2. The minimum Gasteiger partial charge on any atom is -0.239 e. The maximum atomic E-state index is 12.8. The Morgan fingerprint density at radius 3 is 2.54 bits per heavy atom. The van der Waals surface area contributed by atoms with Crippen LogP contribution in [-0.2, 0) is 9.84 Å². The van der Waals surface area contributed by atoms with Gasteiger partial charge in [-0.3, -0.25) is 0 Å². The molecule has 0 saturated carbocycles. The molecule has 0 aliphatic rings. The molecule has 1 aromatic heterocycles. The van der Waals surface area contributed by atoms with Gasteiger partial charge in [-0.25, -0.2) is 22.2 Å². The van der Waals surface area contributed by atoms with Crippen molar-refractivity contribution in [1.82, 2.24) is 4.98 Å². The smallest absolute Gasteiger partial charge is 0.219 e. The van der Waals surface area contributed by atoms with Crippen molar-refractivity contribution in [3.05, 3.63) is 35.9 Å². The number of hydrogen-bond donors (Lipinski definition) is 0. The lowest BCUT2D eigenvalue weighted by Crippen LogP contribution is -2.03. The van der Waals surface area contributed by atoms with E-state index in [4.69, 9.17) is 0 Å². The Morgan fingerprint density at radius 1 is 1.46 bits per heavy atom. The van der Waals surface area contributed by atoms with Crippen LogP contribution in [0.4, 0.5) is 8.78 Å². The molecule has 0 aliphatic heterocycles. The number of aromatic nitrogens is 1. The van der Waals surface area contributed by atoms with Gasteiger partial charge in [-0.1, -0.05) is 6.58 Å². The summed E-state index contributed by atoms with van der Waals surface area (Å²) in [6.07, 6.45) is 0.624. The molecule has 0 atom stereocenters. The Balaban J connectivity index is 3.41. The molecular formula is C7H5F2NO2S. The summed E-state index contributed by atoms with van der Waals surface area (Å²) in [6, 6.07) is 0.448. The van der Waals surface area contributed by atoms with Crippen LogP contribution < -0.4 is 0 Å². The second kappa shape index (κ2) is 3.21. The third-order valence-electron chi connectivity index (χ3n) is 1.26. The molecule has 0 amide bonds. The van der Waals surface area contributed by atoms with Gasteiger partial charge < -0.3 is 0 Å². The predicted molar refractivity (Wildman–Crippen MR) is 41.5 cm³/mol. The molecular weight excluding hydrogens is 200 g/mol. The van der Waals surface area contributed by atoms with Gasteiger partial charge in [0, 0.05) is 11.5 Å². The second-order valence-corrected chi connectivity index (χ2v) is 3.96. The number of rotatable bonds is 2. The van der Waals surface area contributed by atoms with E-state index in [2.05, 4.69) is 11.6 Å². The van der Waals surface area contributed by atoms with Gasteiger partial charge in [0.15, 0.2) is 10.8 Å². The highest BCUT2D eigenvalue weighted by atomic mass is 32.2. The molecule has 0 spiro atoms. The van der Waals surface area contributed by atoms with E-state index in [1.165, 1.54) is 0 Å². The zero-order valence-corrected chi connectivity index (χ0v) is 7.18. The van der Waals surface area contributed by atoms with E-state index in [0.717, 1.165) is 0 Å². The fraction of sp³-hybridized carbons (Fsp3) is 0. The third kappa shape index (κ3) is 1.89. The van der Waals surface area contributed by atoms with Crippen molar-refractivity contribution in [3.63, 3.8) is 0 Å². The molecule has 0 unspecified atom stereocenters. The van der Waals surface area contributed by atoms with Crippen LogP contribution in [-0.4, -0.2) is 13.4 Å². The SMILES string of the molecule is C=CS(=O)(=O)c1ncc(F)cc1F. The Bertz CT molecular complexity index is 442. The number of nitrogens with zero attached hydrogens (tertiary/aromatic N) is 1. The average molecular weight is 205 g/mol. The monoisotopic (exact) mass is 205 g/mol. The van der Waals surface area contributed by atoms with Gasteiger partial charge in [-0.05, 0) is 0 Å². The summed E-state index contributed by atoms with van der Waals surface area (Å²) in [5, 5.41) is -0.264. The molecule has 1 aromatic rings. The van der Waals surface area contributed by atoms with E-state index < -0.39 is 26.5 Å². The molecule has 1 heterocycles. The first kappa shape index (κ1) is 9.79. The van der Waals surface area contributed by atoms with Crippen LogP contribution in [0.5, 0.6) is 0 Å². The summed E-state index contributed by atoms with van der Waals surface area (Å²) in [7, 11) is -3.93. The van der Waals surface area contributed by atoms with Crippen molar-refractivity contribution >= 4 is 9.84 Å². The first-order chi connectivity index (χ1) is 5.97. The van der Waals surface area contributed by atoms with Crippen molar-refractivity contribution in [2.24, 2.45) is 0 Å². The van der Waals surface area contributed by atoms with Gasteiger partial charge in [-0.2, -0.15) is 0 Å². The van der Waals surface area contributed by atoms with Crippen LogP contribution in [0, 0.1) is 11.6 Å². The quantitative estimate of drug-likeness (QED) is 0.730. The molecule has 1 rings (SSSR count). The number of sulfone groups is 1. The van der Waals surface area contributed by atoms with E-state index in [1.807, 2.05) is 0 Å². The zero-order chi connectivity index (χ0) is 10.1. The maximum absolute atomic E-state index is 12.8. The van der Waals surface area contributed by atoms with Crippen molar-refractivity contribution in [2.45, 2.75) is 5.03 Å². The van der Waals surface area contributed by atoms with Crippen LogP contribution >= 0.6 is 0 Å². The van der Waals surface area contributed by atoms with Crippen LogP contribution in [0.1, 0.15) is 0 Å². The highest BCUT2D eigenvalue weighted by molar-refractivity contribution is 7.94. The van der Waals surface area contributed by atoms with Crippen molar-refractivity contribution in [3.8, 4) is 0 Å². The molecule has 70 valence electrons. The number of pyridine rings is 1. The fourth-order valence-electron chi connectivity index (χ4n) is 0.690. The largest absolute Gasteiger partial charge is 0.239 e. The van der Waals surface area contributed by atoms with E-state index in [9.17, 15) is 17.2 Å². The lowest BCUT2D eigenvalue weighted by Gasteiger charge is -1.98. The van der Waals surface area contributed by atoms with Crippen molar-refractivity contribution in [1.29, 1.82) is 0 Å². The molecule has 0 bridgehead atoms. The molecule has 6 heteroatoms. The maximum Gasteiger partial charge on any atom is 0.219 e. The van der Waals surface area contributed by atoms with Gasteiger partial charge in [0.1, 0.15) is 5.82 Å².